The van der Waals surface area contributed by atoms with Gasteiger partial charge < -0.3 is 4.74 Å². The average molecular weight is 246 g/mol. The van der Waals surface area contributed by atoms with E-state index in [0.29, 0.717) is 12.2 Å². The molecular formula is C14H14O2S. The van der Waals surface area contributed by atoms with E-state index in [1.54, 1.807) is 11.3 Å². The van der Waals surface area contributed by atoms with Crippen molar-refractivity contribution in [2.45, 2.75) is 20.3 Å². The fraction of sp³-hybridized carbons (Fsp3) is 0.214. The van der Waals surface area contributed by atoms with Crippen molar-refractivity contribution in [3.8, 4) is 5.75 Å². The minimum absolute atomic E-state index is 0.216. The van der Waals surface area contributed by atoms with Crippen molar-refractivity contribution < 1.29 is 9.53 Å². The van der Waals surface area contributed by atoms with Crippen LogP contribution in [0.5, 0.6) is 5.75 Å². The van der Waals surface area contributed by atoms with Gasteiger partial charge in [-0.25, -0.2) is 0 Å². The Morgan fingerprint density at radius 3 is 2.71 bits per heavy atom. The van der Waals surface area contributed by atoms with Crippen LogP contribution in [0, 0.1) is 13.8 Å². The number of thiophene rings is 1. The van der Waals surface area contributed by atoms with Crippen molar-refractivity contribution in [2.24, 2.45) is 0 Å². The normalized spacial score (nSPS) is 10.2. The fourth-order valence-electron chi connectivity index (χ4n) is 1.50. The molecule has 0 aliphatic rings. The number of aryl methyl sites for hydroxylation is 2. The second-order valence-electron chi connectivity index (χ2n) is 4.03. The van der Waals surface area contributed by atoms with Crippen LogP contribution in [0.15, 0.2) is 35.0 Å². The minimum Gasteiger partial charge on any atom is -0.426 e. The van der Waals surface area contributed by atoms with Gasteiger partial charge in [-0.2, -0.15) is 11.3 Å². The Hall–Kier alpha value is -1.61. The summed E-state index contributed by atoms with van der Waals surface area (Å²) in [7, 11) is 0. The number of ether oxygens (including phenoxy) is 1. The predicted molar refractivity (Wildman–Crippen MR) is 69.6 cm³/mol. The molecule has 0 bridgehead atoms. The molecule has 17 heavy (non-hydrogen) atoms. The Bertz CT molecular complexity index is 515. The highest BCUT2D eigenvalue weighted by molar-refractivity contribution is 7.07. The van der Waals surface area contributed by atoms with Gasteiger partial charge in [-0.3, -0.25) is 4.79 Å². The molecule has 0 aliphatic carbocycles. The number of carbonyl (C=O) groups is 1. The van der Waals surface area contributed by atoms with Crippen molar-refractivity contribution in [3.63, 3.8) is 0 Å². The minimum atomic E-state index is -0.216. The van der Waals surface area contributed by atoms with E-state index in [1.807, 2.05) is 48.9 Å². The van der Waals surface area contributed by atoms with Gasteiger partial charge in [0.25, 0.3) is 0 Å². The van der Waals surface area contributed by atoms with Gasteiger partial charge in [-0.05, 0) is 59.5 Å². The van der Waals surface area contributed by atoms with Gasteiger partial charge in [0.15, 0.2) is 0 Å². The highest BCUT2D eigenvalue weighted by atomic mass is 32.1. The first kappa shape index (κ1) is 11.9. The van der Waals surface area contributed by atoms with E-state index in [1.165, 1.54) is 5.56 Å². The summed E-state index contributed by atoms with van der Waals surface area (Å²) < 4.78 is 5.29. The number of rotatable bonds is 3. The second-order valence-corrected chi connectivity index (χ2v) is 4.81. The third-order valence-corrected chi connectivity index (χ3v) is 3.37. The van der Waals surface area contributed by atoms with Crippen LogP contribution >= 0.6 is 11.3 Å². The zero-order valence-electron chi connectivity index (χ0n) is 9.90. The standard InChI is InChI=1S/C14H14O2S/c1-10-3-4-13(7-11(10)2)16-14(15)8-12-5-6-17-9-12/h3-7,9H,8H2,1-2H3. The Labute approximate surface area is 105 Å². The highest BCUT2D eigenvalue weighted by Gasteiger charge is 2.07. The van der Waals surface area contributed by atoms with Gasteiger partial charge in [0.05, 0.1) is 6.42 Å². The molecule has 88 valence electrons. The van der Waals surface area contributed by atoms with Crippen molar-refractivity contribution in [2.75, 3.05) is 0 Å². The maximum absolute atomic E-state index is 11.7. The van der Waals surface area contributed by atoms with Crippen LogP contribution in [0.4, 0.5) is 0 Å². The van der Waals surface area contributed by atoms with Crippen LogP contribution < -0.4 is 4.74 Å². The lowest BCUT2D eigenvalue weighted by molar-refractivity contribution is -0.133. The first-order chi connectivity index (χ1) is 8.15. The molecule has 0 saturated heterocycles. The lowest BCUT2D eigenvalue weighted by Crippen LogP contribution is -2.10. The van der Waals surface area contributed by atoms with E-state index in [2.05, 4.69) is 0 Å². The van der Waals surface area contributed by atoms with E-state index < -0.39 is 0 Å². The molecule has 0 radical (unpaired) electrons. The summed E-state index contributed by atoms with van der Waals surface area (Å²) in [6.07, 6.45) is 0.330. The average Bonchev–Trinajstić information content (AvgIpc) is 2.76. The highest BCUT2D eigenvalue weighted by Crippen LogP contribution is 2.17. The zero-order valence-corrected chi connectivity index (χ0v) is 10.7. The molecule has 0 spiro atoms. The van der Waals surface area contributed by atoms with Gasteiger partial charge in [0.2, 0.25) is 0 Å². The lowest BCUT2D eigenvalue weighted by Gasteiger charge is -2.06. The van der Waals surface area contributed by atoms with Gasteiger partial charge in [0, 0.05) is 0 Å². The summed E-state index contributed by atoms with van der Waals surface area (Å²) in [4.78, 5) is 11.7. The number of carbonyl (C=O) groups excluding carboxylic acids is 1. The van der Waals surface area contributed by atoms with E-state index in [-0.39, 0.29) is 5.97 Å². The summed E-state index contributed by atoms with van der Waals surface area (Å²) in [5.74, 6) is 0.403. The zero-order chi connectivity index (χ0) is 12.3. The Morgan fingerprint density at radius 1 is 1.24 bits per heavy atom. The largest absolute Gasteiger partial charge is 0.426 e. The number of esters is 1. The Morgan fingerprint density at radius 2 is 2.06 bits per heavy atom. The van der Waals surface area contributed by atoms with E-state index >= 15 is 0 Å². The topological polar surface area (TPSA) is 26.3 Å². The third-order valence-electron chi connectivity index (χ3n) is 2.64. The lowest BCUT2D eigenvalue weighted by atomic mass is 10.1. The van der Waals surface area contributed by atoms with Gasteiger partial charge in [-0.1, -0.05) is 6.07 Å². The molecule has 2 rings (SSSR count). The molecule has 1 heterocycles. The summed E-state index contributed by atoms with van der Waals surface area (Å²) in [5.41, 5.74) is 3.33. The van der Waals surface area contributed by atoms with Crippen molar-refractivity contribution in [1.82, 2.24) is 0 Å². The predicted octanol–water partition coefficient (Wildman–Crippen LogP) is 3.51. The van der Waals surface area contributed by atoms with Gasteiger partial charge >= 0.3 is 5.97 Å². The maximum atomic E-state index is 11.7. The van der Waals surface area contributed by atoms with Gasteiger partial charge in [-0.15, -0.1) is 0 Å². The molecule has 1 aromatic carbocycles. The summed E-state index contributed by atoms with van der Waals surface area (Å²) >= 11 is 1.58. The molecule has 3 heteroatoms. The Balaban J connectivity index is 2.00. The number of benzene rings is 1. The molecule has 0 aliphatic heterocycles. The van der Waals surface area contributed by atoms with Crippen LogP contribution in [0.25, 0.3) is 0 Å². The van der Waals surface area contributed by atoms with E-state index in [9.17, 15) is 4.79 Å². The molecule has 0 saturated carbocycles. The number of hydrogen-bond acceptors (Lipinski definition) is 3. The second kappa shape index (κ2) is 5.15. The first-order valence-electron chi connectivity index (χ1n) is 5.44. The van der Waals surface area contributed by atoms with Crippen molar-refractivity contribution >= 4 is 17.3 Å². The maximum Gasteiger partial charge on any atom is 0.315 e. The van der Waals surface area contributed by atoms with Crippen LogP contribution in [-0.4, -0.2) is 5.97 Å². The molecule has 0 unspecified atom stereocenters. The molecular weight excluding hydrogens is 232 g/mol. The number of hydrogen-bond donors (Lipinski definition) is 0. The third kappa shape index (κ3) is 3.17. The van der Waals surface area contributed by atoms with Crippen LogP contribution in [0.3, 0.4) is 0 Å². The van der Waals surface area contributed by atoms with Crippen molar-refractivity contribution in [1.29, 1.82) is 0 Å². The fourth-order valence-corrected chi connectivity index (χ4v) is 2.17. The summed E-state index contributed by atoms with van der Waals surface area (Å²) in [5, 5.41) is 3.92. The molecule has 1 aromatic heterocycles. The summed E-state index contributed by atoms with van der Waals surface area (Å²) in [6, 6.07) is 7.61. The molecule has 0 N–H and O–H groups in total. The molecule has 0 fully saturated rings. The molecule has 2 aromatic rings. The molecule has 0 atom stereocenters. The van der Waals surface area contributed by atoms with Crippen molar-refractivity contribution in [3.05, 3.63) is 51.7 Å². The van der Waals surface area contributed by atoms with E-state index in [4.69, 9.17) is 4.74 Å². The first-order valence-corrected chi connectivity index (χ1v) is 6.38. The quantitative estimate of drug-likeness (QED) is 0.612. The smallest absolute Gasteiger partial charge is 0.315 e. The molecule has 2 nitrogen and oxygen atoms in total. The molecule has 0 amide bonds. The SMILES string of the molecule is Cc1ccc(OC(=O)Cc2ccsc2)cc1C. The Kier molecular flexibility index (Phi) is 3.59. The van der Waals surface area contributed by atoms with Gasteiger partial charge in [0.1, 0.15) is 5.75 Å². The van der Waals surface area contributed by atoms with E-state index in [0.717, 1.165) is 11.1 Å². The van der Waals surface area contributed by atoms with Crippen LogP contribution in [0.2, 0.25) is 0 Å². The monoisotopic (exact) mass is 246 g/mol. The van der Waals surface area contributed by atoms with Crippen LogP contribution in [-0.2, 0) is 11.2 Å². The summed E-state index contributed by atoms with van der Waals surface area (Å²) in [6.45, 7) is 4.04. The van der Waals surface area contributed by atoms with Crippen LogP contribution in [0.1, 0.15) is 16.7 Å².